The molecule has 1 aliphatic heterocycles. The Morgan fingerprint density at radius 1 is 1.37 bits per heavy atom. The molecule has 2 rings (SSSR count). The van der Waals surface area contributed by atoms with Gasteiger partial charge >= 0.3 is 5.97 Å². The molecule has 0 unspecified atom stereocenters. The summed E-state index contributed by atoms with van der Waals surface area (Å²) in [4.78, 5) is 14.7. The van der Waals surface area contributed by atoms with Crippen LogP contribution in [-0.2, 0) is 14.8 Å². The molecule has 0 aromatic carbocycles. The number of pyridine rings is 1. The van der Waals surface area contributed by atoms with Gasteiger partial charge in [-0.3, -0.25) is 4.79 Å². The first-order valence-electron chi connectivity index (χ1n) is 5.76. The molecule has 19 heavy (non-hydrogen) atoms. The third kappa shape index (κ3) is 3.13. The van der Waals surface area contributed by atoms with Gasteiger partial charge in [-0.15, -0.1) is 0 Å². The van der Waals surface area contributed by atoms with E-state index >= 15 is 0 Å². The van der Waals surface area contributed by atoms with Gasteiger partial charge in [0.15, 0.2) is 5.03 Å². The predicted octanol–water partition coefficient (Wildman–Crippen LogP) is 1.33. The third-order valence-corrected chi connectivity index (χ3v) is 5.39. The Balaban J connectivity index is 2.14. The molecule has 0 spiro atoms. The summed E-state index contributed by atoms with van der Waals surface area (Å²) in [6.07, 6.45) is 2.10. The van der Waals surface area contributed by atoms with Crippen LogP contribution in [0.15, 0.2) is 27.8 Å². The summed E-state index contributed by atoms with van der Waals surface area (Å²) in [5, 5.41) is 8.88. The number of sulfonamides is 1. The van der Waals surface area contributed by atoms with Gasteiger partial charge in [-0.1, -0.05) is 0 Å². The lowest BCUT2D eigenvalue weighted by atomic mass is 9.99. The minimum Gasteiger partial charge on any atom is -0.481 e. The van der Waals surface area contributed by atoms with Gasteiger partial charge in [0.25, 0.3) is 10.0 Å². The maximum atomic E-state index is 12.3. The van der Waals surface area contributed by atoms with E-state index in [4.69, 9.17) is 5.11 Å². The Morgan fingerprint density at radius 3 is 2.47 bits per heavy atom. The number of piperidine rings is 1. The highest BCUT2D eigenvalue weighted by atomic mass is 79.9. The number of carbonyl (C=O) groups is 1. The highest BCUT2D eigenvalue weighted by molar-refractivity contribution is 9.10. The van der Waals surface area contributed by atoms with Gasteiger partial charge < -0.3 is 5.11 Å². The van der Waals surface area contributed by atoms with Crippen LogP contribution in [0.1, 0.15) is 12.8 Å². The molecule has 6 nitrogen and oxygen atoms in total. The topological polar surface area (TPSA) is 87.6 Å². The number of aliphatic carboxylic acids is 1. The average molecular weight is 349 g/mol. The second-order valence-corrected chi connectivity index (χ2v) is 7.13. The molecule has 1 aliphatic rings. The molecule has 0 atom stereocenters. The molecule has 104 valence electrons. The number of carboxylic acid groups (broad SMARTS) is 1. The lowest BCUT2D eigenvalue weighted by Gasteiger charge is -2.28. The van der Waals surface area contributed by atoms with E-state index in [0.717, 1.165) is 0 Å². The Labute approximate surface area is 119 Å². The Morgan fingerprint density at radius 2 is 2.00 bits per heavy atom. The smallest absolute Gasteiger partial charge is 0.306 e. The standard InChI is InChI=1S/C11H13BrN2O4S/c12-9-1-2-10(13-7-9)19(17,18)14-5-3-8(4-6-14)11(15)16/h1-2,7-8H,3-6H2,(H,15,16). The lowest BCUT2D eigenvalue weighted by molar-refractivity contribution is -0.142. The molecule has 2 heterocycles. The van der Waals surface area contributed by atoms with Crippen LogP contribution in [0.2, 0.25) is 0 Å². The van der Waals surface area contributed by atoms with Crippen molar-refractivity contribution in [3.8, 4) is 0 Å². The van der Waals surface area contributed by atoms with E-state index in [1.54, 1.807) is 6.07 Å². The van der Waals surface area contributed by atoms with Crippen LogP contribution in [0.4, 0.5) is 0 Å². The highest BCUT2D eigenvalue weighted by Gasteiger charge is 2.32. The first-order valence-corrected chi connectivity index (χ1v) is 7.99. The van der Waals surface area contributed by atoms with Crippen LogP contribution in [-0.4, -0.2) is 41.9 Å². The zero-order valence-corrected chi connectivity index (χ0v) is 12.4. The molecule has 0 radical (unpaired) electrons. The van der Waals surface area contributed by atoms with E-state index < -0.39 is 21.9 Å². The number of carboxylic acids is 1. The zero-order valence-electron chi connectivity index (χ0n) is 9.99. The molecule has 1 fully saturated rings. The van der Waals surface area contributed by atoms with Crippen molar-refractivity contribution < 1.29 is 18.3 Å². The predicted molar refractivity (Wildman–Crippen MR) is 71.1 cm³/mol. The first-order chi connectivity index (χ1) is 8.91. The van der Waals surface area contributed by atoms with Crippen molar-refractivity contribution in [2.24, 2.45) is 5.92 Å². The summed E-state index contributed by atoms with van der Waals surface area (Å²) in [6, 6.07) is 3.05. The van der Waals surface area contributed by atoms with Crippen molar-refractivity contribution in [2.75, 3.05) is 13.1 Å². The molecule has 8 heteroatoms. The molecule has 0 bridgehead atoms. The molecule has 1 N–H and O–H groups in total. The second kappa shape index (κ2) is 5.56. The molecular weight excluding hydrogens is 336 g/mol. The minimum absolute atomic E-state index is 0.00975. The van der Waals surface area contributed by atoms with E-state index in [1.807, 2.05) is 0 Å². The van der Waals surface area contributed by atoms with Gasteiger partial charge in [-0.25, -0.2) is 13.4 Å². The fourth-order valence-corrected chi connectivity index (χ4v) is 3.61. The largest absolute Gasteiger partial charge is 0.481 e. The Kier molecular flexibility index (Phi) is 4.22. The van der Waals surface area contributed by atoms with Gasteiger partial charge in [0.05, 0.1) is 5.92 Å². The maximum Gasteiger partial charge on any atom is 0.306 e. The number of rotatable bonds is 3. The summed E-state index contributed by atoms with van der Waals surface area (Å²) in [5.74, 6) is -1.32. The fourth-order valence-electron chi connectivity index (χ4n) is 1.99. The van der Waals surface area contributed by atoms with Crippen molar-refractivity contribution >= 4 is 31.9 Å². The maximum absolute atomic E-state index is 12.3. The minimum atomic E-state index is -3.62. The zero-order chi connectivity index (χ0) is 14.0. The van der Waals surface area contributed by atoms with E-state index in [1.165, 1.54) is 16.6 Å². The van der Waals surface area contributed by atoms with Gasteiger partial charge in [0.1, 0.15) is 0 Å². The van der Waals surface area contributed by atoms with Crippen molar-refractivity contribution in [1.29, 1.82) is 0 Å². The van der Waals surface area contributed by atoms with Crippen LogP contribution < -0.4 is 0 Å². The summed E-state index contributed by atoms with van der Waals surface area (Å²) in [7, 11) is -3.62. The fraction of sp³-hybridized carbons (Fsp3) is 0.455. The molecule has 0 amide bonds. The molecule has 1 saturated heterocycles. The first kappa shape index (κ1) is 14.4. The van der Waals surface area contributed by atoms with Gasteiger partial charge in [-0.05, 0) is 40.9 Å². The third-order valence-electron chi connectivity index (χ3n) is 3.11. The quantitative estimate of drug-likeness (QED) is 0.890. The van der Waals surface area contributed by atoms with Crippen LogP contribution in [0.5, 0.6) is 0 Å². The van der Waals surface area contributed by atoms with Gasteiger partial charge in [-0.2, -0.15) is 4.31 Å². The number of aromatic nitrogens is 1. The number of halogens is 1. The van der Waals surface area contributed by atoms with Crippen LogP contribution in [0.25, 0.3) is 0 Å². The van der Waals surface area contributed by atoms with Gasteiger partial charge in [0, 0.05) is 23.8 Å². The SMILES string of the molecule is O=C(O)C1CCN(S(=O)(=O)c2ccc(Br)cn2)CC1. The average Bonchev–Trinajstić information content (AvgIpc) is 2.39. The molecule has 1 aromatic rings. The summed E-state index contributed by atoms with van der Waals surface area (Å²) in [5.41, 5.74) is 0. The summed E-state index contributed by atoms with van der Waals surface area (Å²) in [6.45, 7) is 0.439. The van der Waals surface area contributed by atoms with Crippen LogP contribution >= 0.6 is 15.9 Å². The monoisotopic (exact) mass is 348 g/mol. The normalized spacial score (nSPS) is 18.4. The van der Waals surface area contributed by atoms with E-state index in [-0.39, 0.29) is 18.1 Å². The second-order valence-electron chi connectivity index (χ2n) is 4.33. The molecule has 0 saturated carbocycles. The highest BCUT2D eigenvalue weighted by Crippen LogP contribution is 2.23. The molecular formula is C11H13BrN2O4S. The van der Waals surface area contributed by atoms with E-state index in [2.05, 4.69) is 20.9 Å². The van der Waals surface area contributed by atoms with Gasteiger partial charge in [0.2, 0.25) is 0 Å². The van der Waals surface area contributed by atoms with E-state index in [0.29, 0.717) is 17.3 Å². The number of hydrogen-bond acceptors (Lipinski definition) is 4. The Bertz CT molecular complexity index is 565. The lowest BCUT2D eigenvalue weighted by Crippen LogP contribution is -2.40. The van der Waals surface area contributed by atoms with Crippen LogP contribution in [0, 0.1) is 5.92 Å². The van der Waals surface area contributed by atoms with Crippen molar-refractivity contribution in [3.63, 3.8) is 0 Å². The van der Waals surface area contributed by atoms with E-state index in [9.17, 15) is 13.2 Å². The summed E-state index contributed by atoms with van der Waals surface area (Å²) >= 11 is 3.20. The van der Waals surface area contributed by atoms with Crippen LogP contribution in [0.3, 0.4) is 0 Å². The Hall–Kier alpha value is -0.990. The van der Waals surface area contributed by atoms with Crippen molar-refractivity contribution in [3.05, 3.63) is 22.8 Å². The molecule has 0 aliphatic carbocycles. The number of nitrogens with zero attached hydrogens (tertiary/aromatic N) is 2. The van der Waals surface area contributed by atoms with Crippen molar-refractivity contribution in [1.82, 2.24) is 9.29 Å². The summed E-state index contributed by atoms with van der Waals surface area (Å²) < 4.78 is 26.6. The molecule has 1 aromatic heterocycles. The number of hydrogen-bond donors (Lipinski definition) is 1. The van der Waals surface area contributed by atoms with Crippen molar-refractivity contribution in [2.45, 2.75) is 17.9 Å².